The molecule has 0 saturated carbocycles. The van der Waals surface area contributed by atoms with E-state index in [1.54, 1.807) is 0 Å². The van der Waals surface area contributed by atoms with Crippen LogP contribution in [0.2, 0.25) is 0 Å². The zero-order valence-corrected chi connectivity index (χ0v) is 17.5. The van der Waals surface area contributed by atoms with Crippen molar-refractivity contribution in [2.45, 2.75) is 32.3 Å². The van der Waals surface area contributed by atoms with Crippen LogP contribution in [0.1, 0.15) is 36.8 Å². The SMILES string of the molecule is CCCC(=O)OCc1ccc(C(C=O)CN)cc1.CNc1ccc2cnccc2c1. The Bertz CT molecular complexity index is 942. The fourth-order valence-corrected chi connectivity index (χ4v) is 2.81. The lowest BCUT2D eigenvalue weighted by Crippen LogP contribution is -2.13. The summed E-state index contributed by atoms with van der Waals surface area (Å²) in [6.45, 7) is 2.50. The molecular weight excluding hydrogens is 378 g/mol. The van der Waals surface area contributed by atoms with Crippen molar-refractivity contribution in [3.63, 3.8) is 0 Å². The molecule has 6 nitrogen and oxygen atoms in total. The zero-order valence-electron chi connectivity index (χ0n) is 17.5. The minimum Gasteiger partial charge on any atom is -0.461 e. The van der Waals surface area contributed by atoms with E-state index in [0.717, 1.165) is 29.5 Å². The number of anilines is 1. The van der Waals surface area contributed by atoms with Crippen LogP contribution < -0.4 is 11.1 Å². The molecule has 1 atom stereocenters. The summed E-state index contributed by atoms with van der Waals surface area (Å²) in [5.41, 5.74) is 8.41. The number of benzene rings is 2. The van der Waals surface area contributed by atoms with Crippen molar-refractivity contribution in [2.75, 3.05) is 18.9 Å². The van der Waals surface area contributed by atoms with E-state index in [-0.39, 0.29) is 18.5 Å². The third kappa shape index (κ3) is 6.97. The minimum absolute atomic E-state index is 0.186. The lowest BCUT2D eigenvalue weighted by Gasteiger charge is -2.09. The molecule has 158 valence electrons. The number of carbonyl (C=O) groups is 2. The van der Waals surface area contributed by atoms with Gasteiger partial charge in [-0.05, 0) is 41.1 Å². The van der Waals surface area contributed by atoms with Crippen LogP contribution in [0.4, 0.5) is 5.69 Å². The van der Waals surface area contributed by atoms with Gasteiger partial charge < -0.3 is 20.6 Å². The van der Waals surface area contributed by atoms with Gasteiger partial charge in [0.25, 0.3) is 0 Å². The predicted octanol–water partition coefficient (Wildman–Crippen LogP) is 4.05. The van der Waals surface area contributed by atoms with E-state index in [9.17, 15) is 9.59 Å². The van der Waals surface area contributed by atoms with Crippen molar-refractivity contribution < 1.29 is 14.3 Å². The molecule has 3 N–H and O–H groups in total. The summed E-state index contributed by atoms with van der Waals surface area (Å²) in [7, 11) is 1.92. The van der Waals surface area contributed by atoms with E-state index in [0.29, 0.717) is 13.0 Å². The molecule has 0 fully saturated rings. The molecule has 0 saturated heterocycles. The number of nitrogens with one attached hydrogen (secondary N) is 1. The number of pyridine rings is 1. The van der Waals surface area contributed by atoms with E-state index in [1.165, 1.54) is 10.8 Å². The van der Waals surface area contributed by atoms with Crippen molar-refractivity contribution in [3.05, 3.63) is 72.1 Å². The molecule has 1 aromatic heterocycles. The first-order valence-corrected chi connectivity index (χ1v) is 10.0. The maximum absolute atomic E-state index is 11.2. The molecule has 0 aliphatic rings. The molecule has 30 heavy (non-hydrogen) atoms. The van der Waals surface area contributed by atoms with Gasteiger partial charge in [0.2, 0.25) is 0 Å². The average Bonchev–Trinajstić information content (AvgIpc) is 2.79. The lowest BCUT2D eigenvalue weighted by atomic mass is 10.00. The summed E-state index contributed by atoms with van der Waals surface area (Å²) in [6.07, 6.45) is 5.75. The van der Waals surface area contributed by atoms with Gasteiger partial charge in [-0.3, -0.25) is 9.78 Å². The number of rotatable bonds is 8. The molecule has 0 aliphatic carbocycles. The van der Waals surface area contributed by atoms with Gasteiger partial charge >= 0.3 is 5.97 Å². The third-order valence-electron chi connectivity index (χ3n) is 4.61. The molecule has 3 rings (SSSR count). The number of aldehydes is 1. The Morgan fingerprint density at radius 2 is 1.93 bits per heavy atom. The molecule has 6 heteroatoms. The van der Waals surface area contributed by atoms with Gasteiger partial charge in [0.1, 0.15) is 12.9 Å². The molecule has 0 bridgehead atoms. The lowest BCUT2D eigenvalue weighted by molar-refractivity contribution is -0.145. The van der Waals surface area contributed by atoms with E-state index >= 15 is 0 Å². The van der Waals surface area contributed by atoms with Gasteiger partial charge in [-0.25, -0.2) is 0 Å². The maximum atomic E-state index is 11.2. The van der Waals surface area contributed by atoms with Crippen molar-refractivity contribution in [2.24, 2.45) is 5.73 Å². The molecule has 0 amide bonds. The minimum atomic E-state index is -0.262. The Morgan fingerprint density at radius 3 is 2.57 bits per heavy atom. The van der Waals surface area contributed by atoms with Crippen molar-refractivity contribution >= 4 is 28.7 Å². The monoisotopic (exact) mass is 407 g/mol. The molecular formula is C24H29N3O3. The van der Waals surface area contributed by atoms with Crippen LogP contribution in [0.3, 0.4) is 0 Å². The number of nitrogens with zero attached hydrogens (tertiary/aromatic N) is 1. The topological polar surface area (TPSA) is 94.3 Å². The smallest absolute Gasteiger partial charge is 0.306 e. The van der Waals surface area contributed by atoms with Crippen LogP contribution in [0.25, 0.3) is 10.8 Å². The Labute approximate surface area is 177 Å². The number of aromatic nitrogens is 1. The van der Waals surface area contributed by atoms with Crippen LogP contribution >= 0.6 is 0 Å². The van der Waals surface area contributed by atoms with Crippen LogP contribution in [0.5, 0.6) is 0 Å². The molecule has 0 aliphatic heterocycles. The zero-order chi connectivity index (χ0) is 21.8. The summed E-state index contributed by atoms with van der Waals surface area (Å²) < 4.78 is 5.09. The second-order valence-corrected chi connectivity index (χ2v) is 6.82. The normalized spacial score (nSPS) is 11.2. The standard InChI is InChI=1S/C14H19NO3.C10H10N2/c1-2-3-14(17)18-10-11-4-6-12(7-5-11)13(8-15)9-16;1-11-10-3-2-9-7-12-5-4-8(9)6-10/h4-7,9,13H,2-3,8,10,15H2,1H3;2-7,11H,1H3. The Morgan fingerprint density at radius 1 is 1.17 bits per heavy atom. The fourth-order valence-electron chi connectivity index (χ4n) is 2.81. The number of fused-ring (bicyclic) bond motifs is 1. The first kappa shape index (κ1) is 23.0. The molecule has 1 heterocycles. The van der Waals surface area contributed by atoms with E-state index in [2.05, 4.69) is 22.4 Å². The number of hydrogen-bond donors (Lipinski definition) is 2. The van der Waals surface area contributed by atoms with Crippen LogP contribution in [-0.4, -0.2) is 30.8 Å². The van der Waals surface area contributed by atoms with Crippen molar-refractivity contribution in [3.8, 4) is 0 Å². The second-order valence-electron chi connectivity index (χ2n) is 6.82. The van der Waals surface area contributed by atoms with Gasteiger partial charge in [-0.1, -0.05) is 37.3 Å². The summed E-state index contributed by atoms with van der Waals surface area (Å²) in [6, 6.07) is 15.6. The maximum Gasteiger partial charge on any atom is 0.306 e. The van der Waals surface area contributed by atoms with Gasteiger partial charge in [0.05, 0.1) is 5.92 Å². The molecule has 0 radical (unpaired) electrons. The largest absolute Gasteiger partial charge is 0.461 e. The molecule has 1 unspecified atom stereocenters. The van der Waals surface area contributed by atoms with Crippen LogP contribution in [-0.2, 0) is 20.9 Å². The summed E-state index contributed by atoms with van der Waals surface area (Å²) in [5, 5.41) is 5.50. The fraction of sp³-hybridized carbons (Fsp3) is 0.292. The number of carbonyl (C=O) groups excluding carboxylic acids is 2. The second kappa shape index (κ2) is 12.3. The number of ether oxygens (including phenoxy) is 1. The Balaban J connectivity index is 0.000000230. The van der Waals surface area contributed by atoms with Crippen molar-refractivity contribution in [1.82, 2.24) is 4.98 Å². The quantitative estimate of drug-likeness (QED) is 0.432. The third-order valence-corrected chi connectivity index (χ3v) is 4.61. The molecule has 3 aromatic rings. The highest BCUT2D eigenvalue weighted by atomic mass is 16.5. The number of esters is 1. The highest BCUT2D eigenvalue weighted by molar-refractivity contribution is 5.84. The highest BCUT2D eigenvalue weighted by Gasteiger charge is 2.08. The predicted molar refractivity (Wildman–Crippen MR) is 120 cm³/mol. The van der Waals surface area contributed by atoms with E-state index < -0.39 is 0 Å². The first-order valence-electron chi connectivity index (χ1n) is 10.0. The van der Waals surface area contributed by atoms with Gasteiger partial charge in [0, 0.05) is 43.5 Å². The highest BCUT2D eigenvalue weighted by Crippen LogP contribution is 2.17. The molecule has 2 aromatic carbocycles. The Hall–Kier alpha value is -3.25. The van der Waals surface area contributed by atoms with Gasteiger partial charge in [-0.2, -0.15) is 0 Å². The summed E-state index contributed by atoms with van der Waals surface area (Å²) >= 11 is 0. The molecule has 0 spiro atoms. The first-order chi connectivity index (χ1) is 14.6. The van der Waals surface area contributed by atoms with E-state index in [4.69, 9.17) is 10.5 Å². The number of hydrogen-bond acceptors (Lipinski definition) is 6. The summed E-state index contributed by atoms with van der Waals surface area (Å²) in [5.74, 6) is -0.448. The average molecular weight is 408 g/mol. The van der Waals surface area contributed by atoms with Crippen LogP contribution in [0.15, 0.2) is 60.9 Å². The number of nitrogens with two attached hydrogens (primary N) is 1. The Kier molecular flexibility index (Phi) is 9.48. The van der Waals surface area contributed by atoms with Gasteiger partial charge in [0.15, 0.2) is 0 Å². The van der Waals surface area contributed by atoms with Gasteiger partial charge in [-0.15, -0.1) is 0 Å². The van der Waals surface area contributed by atoms with Crippen LogP contribution in [0, 0.1) is 0 Å². The van der Waals surface area contributed by atoms with E-state index in [1.807, 2.05) is 62.8 Å². The summed E-state index contributed by atoms with van der Waals surface area (Å²) in [4.78, 5) is 26.0. The van der Waals surface area contributed by atoms with Crippen molar-refractivity contribution in [1.29, 1.82) is 0 Å².